The van der Waals surface area contributed by atoms with Crippen molar-refractivity contribution in [2.24, 2.45) is 0 Å². The van der Waals surface area contributed by atoms with Crippen molar-refractivity contribution in [2.75, 3.05) is 11.4 Å². The maximum absolute atomic E-state index is 8.34. The second kappa shape index (κ2) is 7.91. The number of rotatable bonds is 3. The van der Waals surface area contributed by atoms with Gasteiger partial charge in [0.25, 0.3) is 0 Å². The van der Waals surface area contributed by atoms with Crippen LogP contribution in [0.5, 0.6) is 0 Å². The molecule has 2 saturated carbocycles. The Bertz CT molecular complexity index is 1050. The van der Waals surface area contributed by atoms with Gasteiger partial charge in [0.1, 0.15) is 0 Å². The molecule has 3 nitrogen and oxygen atoms in total. The normalized spacial score (nSPS) is 18.3. The van der Waals surface area contributed by atoms with E-state index in [-0.39, 0.29) is 0 Å². The molecule has 2 aromatic rings. The summed E-state index contributed by atoms with van der Waals surface area (Å²) in [6, 6.07) is 4.78. The second-order valence-electron chi connectivity index (χ2n) is 9.12. The second-order valence-corrected chi connectivity index (χ2v) is 9.12. The molecule has 2 aliphatic carbocycles. The van der Waals surface area contributed by atoms with Crippen LogP contribution in [-0.4, -0.2) is 17.4 Å². The molecule has 0 unspecified atom stereocenters. The highest BCUT2D eigenvalue weighted by Crippen LogP contribution is 2.47. The van der Waals surface area contributed by atoms with Crippen molar-refractivity contribution in [3.8, 4) is 23.0 Å². The van der Waals surface area contributed by atoms with Crippen LogP contribution in [0.1, 0.15) is 92.9 Å². The molecule has 30 heavy (non-hydrogen) atoms. The molecule has 5 rings (SSSR count). The Morgan fingerprint density at radius 1 is 1.10 bits per heavy atom. The van der Waals surface area contributed by atoms with Crippen molar-refractivity contribution < 1.29 is 0 Å². The van der Waals surface area contributed by atoms with Gasteiger partial charge in [-0.3, -0.25) is 10.4 Å². The van der Waals surface area contributed by atoms with Crippen LogP contribution in [0.4, 0.5) is 5.69 Å². The largest absolute Gasteiger partial charge is 0.330 e. The number of nitrogens with one attached hydrogen (secondary N) is 1. The Morgan fingerprint density at radius 3 is 2.57 bits per heavy atom. The Labute approximate surface area is 180 Å². The fourth-order valence-corrected chi connectivity index (χ4v) is 5.02. The molecule has 0 atom stereocenters. The zero-order chi connectivity index (χ0) is 20.7. The summed E-state index contributed by atoms with van der Waals surface area (Å²) < 4.78 is 0. The zero-order valence-electron chi connectivity index (χ0n) is 18.2. The predicted octanol–water partition coefficient (Wildman–Crippen LogP) is 6.40. The molecule has 0 amide bonds. The third-order valence-electron chi connectivity index (χ3n) is 6.96. The van der Waals surface area contributed by atoms with Gasteiger partial charge in [0.05, 0.1) is 5.84 Å². The molecule has 3 heteroatoms. The maximum atomic E-state index is 8.34. The quantitative estimate of drug-likeness (QED) is 0.369. The van der Waals surface area contributed by atoms with E-state index in [9.17, 15) is 0 Å². The maximum Gasteiger partial charge on any atom is 0.0970 e. The number of amidine groups is 1. The van der Waals surface area contributed by atoms with E-state index in [1.807, 2.05) is 19.3 Å². The smallest absolute Gasteiger partial charge is 0.0970 e. The summed E-state index contributed by atoms with van der Waals surface area (Å²) in [5.74, 6) is 8.76. The van der Waals surface area contributed by atoms with Crippen LogP contribution in [0.2, 0.25) is 0 Å². The molecule has 1 aromatic heterocycles. The first-order valence-corrected chi connectivity index (χ1v) is 11.6. The molecule has 0 bridgehead atoms. The Balaban J connectivity index is 1.69. The Hall–Kier alpha value is -2.60. The molecule has 3 aliphatic rings. The van der Waals surface area contributed by atoms with Gasteiger partial charge in [-0.05, 0) is 91.7 Å². The van der Waals surface area contributed by atoms with E-state index >= 15 is 0 Å². The van der Waals surface area contributed by atoms with Gasteiger partial charge in [-0.15, -0.1) is 0 Å². The van der Waals surface area contributed by atoms with Gasteiger partial charge >= 0.3 is 0 Å². The third kappa shape index (κ3) is 3.43. The molecule has 0 saturated heterocycles. The van der Waals surface area contributed by atoms with Gasteiger partial charge in [-0.1, -0.05) is 25.2 Å². The van der Waals surface area contributed by atoms with Gasteiger partial charge in [-0.2, -0.15) is 0 Å². The summed E-state index contributed by atoms with van der Waals surface area (Å²) in [5.41, 5.74) is 9.19. The fraction of sp³-hybridized carbons (Fsp3) is 0.481. The topological polar surface area (TPSA) is 40.0 Å². The van der Waals surface area contributed by atoms with E-state index in [4.69, 9.17) is 5.41 Å². The van der Waals surface area contributed by atoms with Crippen LogP contribution in [0.25, 0.3) is 11.1 Å². The number of fused-ring (bicyclic) bond motifs is 1. The van der Waals surface area contributed by atoms with Crippen LogP contribution >= 0.6 is 0 Å². The summed E-state index contributed by atoms with van der Waals surface area (Å²) >= 11 is 0. The Kier molecular flexibility index (Phi) is 5.11. The van der Waals surface area contributed by atoms with Crippen LogP contribution in [0, 0.1) is 17.3 Å². The molecule has 1 N–H and O–H groups in total. The van der Waals surface area contributed by atoms with E-state index in [0.717, 1.165) is 25.8 Å². The van der Waals surface area contributed by atoms with Crippen molar-refractivity contribution in [3.63, 3.8) is 0 Å². The van der Waals surface area contributed by atoms with Crippen LogP contribution in [0.3, 0.4) is 0 Å². The lowest BCUT2D eigenvalue weighted by Crippen LogP contribution is -2.35. The van der Waals surface area contributed by atoms with E-state index in [1.54, 1.807) is 0 Å². The van der Waals surface area contributed by atoms with E-state index in [1.165, 1.54) is 71.2 Å². The van der Waals surface area contributed by atoms with Gasteiger partial charge in [-0.25, -0.2) is 0 Å². The summed E-state index contributed by atoms with van der Waals surface area (Å²) in [6.07, 6.45) is 13.5. The SMILES string of the molecule is CCC#Cc1c(-c2cc3c(c(C4CCC4)c2)N(C(C)=N)CCC3)cncc1C1CC1. The minimum Gasteiger partial charge on any atom is -0.330 e. The molecule has 2 heterocycles. The summed E-state index contributed by atoms with van der Waals surface area (Å²) in [4.78, 5) is 6.89. The first kappa shape index (κ1) is 19.4. The van der Waals surface area contributed by atoms with E-state index < -0.39 is 0 Å². The van der Waals surface area contributed by atoms with Gasteiger partial charge in [0, 0.05) is 42.2 Å². The van der Waals surface area contributed by atoms with Crippen LogP contribution in [-0.2, 0) is 6.42 Å². The molecular weight excluding hydrogens is 366 g/mol. The predicted molar refractivity (Wildman–Crippen MR) is 124 cm³/mol. The van der Waals surface area contributed by atoms with E-state index in [2.05, 4.69) is 40.8 Å². The van der Waals surface area contributed by atoms with Crippen molar-refractivity contribution in [3.05, 3.63) is 46.8 Å². The first-order chi connectivity index (χ1) is 14.7. The number of pyridine rings is 1. The lowest BCUT2D eigenvalue weighted by atomic mass is 9.76. The van der Waals surface area contributed by atoms with Gasteiger partial charge < -0.3 is 4.90 Å². The molecule has 1 aromatic carbocycles. The zero-order valence-corrected chi connectivity index (χ0v) is 18.2. The lowest BCUT2D eigenvalue weighted by Gasteiger charge is -2.37. The number of aromatic nitrogens is 1. The van der Waals surface area contributed by atoms with Gasteiger partial charge in [0.15, 0.2) is 0 Å². The fourth-order valence-electron chi connectivity index (χ4n) is 5.02. The molecule has 1 aliphatic heterocycles. The standard InChI is InChI=1S/C27H31N3/c1-3-4-10-23-25(20-11-12-20)16-29-17-26(23)22-14-21-9-6-13-30(18(2)28)27(21)24(15-22)19-7-5-8-19/h14-17,19-20,28H,3,5-9,11-13H2,1-2H3. The third-order valence-corrected chi connectivity index (χ3v) is 6.96. The number of hydrogen-bond acceptors (Lipinski definition) is 2. The van der Waals surface area contributed by atoms with E-state index in [0.29, 0.717) is 17.7 Å². The lowest BCUT2D eigenvalue weighted by molar-refractivity contribution is 0.419. The summed E-state index contributed by atoms with van der Waals surface area (Å²) in [7, 11) is 0. The first-order valence-electron chi connectivity index (χ1n) is 11.6. The highest BCUT2D eigenvalue weighted by Gasteiger charge is 2.31. The minimum atomic E-state index is 0.628. The summed E-state index contributed by atoms with van der Waals surface area (Å²) in [6.45, 7) is 5.01. The molecule has 0 spiro atoms. The van der Waals surface area contributed by atoms with Crippen molar-refractivity contribution in [2.45, 2.75) is 77.0 Å². The average molecular weight is 398 g/mol. The number of benzene rings is 1. The number of anilines is 1. The Morgan fingerprint density at radius 2 is 1.90 bits per heavy atom. The minimum absolute atomic E-state index is 0.628. The van der Waals surface area contributed by atoms with Gasteiger partial charge in [0.2, 0.25) is 0 Å². The van der Waals surface area contributed by atoms with Crippen LogP contribution in [0.15, 0.2) is 24.5 Å². The highest BCUT2D eigenvalue weighted by atomic mass is 15.2. The molecule has 0 radical (unpaired) electrons. The molecule has 154 valence electrons. The number of aryl methyl sites for hydroxylation is 1. The summed E-state index contributed by atoms with van der Waals surface area (Å²) in [5, 5.41) is 8.34. The van der Waals surface area contributed by atoms with Crippen molar-refractivity contribution in [1.29, 1.82) is 5.41 Å². The number of hydrogen-bond donors (Lipinski definition) is 1. The average Bonchev–Trinajstić information content (AvgIpc) is 3.55. The molecular formula is C27H31N3. The molecule has 2 fully saturated rings. The monoisotopic (exact) mass is 397 g/mol. The van der Waals surface area contributed by atoms with Crippen molar-refractivity contribution in [1.82, 2.24) is 4.98 Å². The number of nitrogens with zero attached hydrogens (tertiary/aromatic N) is 2. The van der Waals surface area contributed by atoms with Crippen molar-refractivity contribution >= 4 is 11.5 Å². The highest BCUT2D eigenvalue weighted by molar-refractivity contribution is 5.96. The van der Waals surface area contributed by atoms with Crippen LogP contribution < -0.4 is 4.90 Å².